The number of rotatable bonds is 2. The Morgan fingerprint density at radius 3 is 2.40 bits per heavy atom. The third-order valence-electron chi connectivity index (χ3n) is 1.18. The zero-order valence-electron chi connectivity index (χ0n) is 5.69. The van der Waals surface area contributed by atoms with Crippen LogP contribution in [0.25, 0.3) is 0 Å². The molecule has 0 radical (unpaired) electrons. The van der Waals surface area contributed by atoms with Crippen molar-refractivity contribution in [1.82, 2.24) is 5.06 Å². The van der Waals surface area contributed by atoms with Crippen LogP contribution in [-0.4, -0.2) is 31.4 Å². The summed E-state index contributed by atoms with van der Waals surface area (Å²) in [7, 11) is -1.25. The molecule has 10 heavy (non-hydrogen) atoms. The highest BCUT2D eigenvalue weighted by Crippen LogP contribution is 2.17. The largest absolute Gasteiger partial charge is 0.379 e. The maximum Gasteiger partial charge on any atom is 0.197 e. The van der Waals surface area contributed by atoms with Crippen molar-refractivity contribution in [2.24, 2.45) is 11.0 Å². The van der Waals surface area contributed by atoms with Gasteiger partial charge in [0.2, 0.25) is 0 Å². The summed E-state index contributed by atoms with van der Waals surface area (Å²) in [5.41, 5.74) is 10.5. The third kappa shape index (κ3) is 2.88. The predicted octanol–water partition coefficient (Wildman–Crippen LogP) is -0.606. The van der Waals surface area contributed by atoms with Crippen LogP contribution in [0.2, 0.25) is 0 Å². The normalized spacial score (nSPS) is 21.9. The summed E-state index contributed by atoms with van der Waals surface area (Å²) in [6, 6.07) is 0. The van der Waals surface area contributed by atoms with Gasteiger partial charge in [-0.2, -0.15) is 5.06 Å². The number of morpholine rings is 1. The molecule has 0 aromatic carbocycles. The molecule has 0 unspecified atom stereocenters. The molecule has 0 aromatic rings. The highest BCUT2D eigenvalue weighted by atomic mass is 31.2. The van der Waals surface area contributed by atoms with Gasteiger partial charge < -0.3 is 4.74 Å². The van der Waals surface area contributed by atoms with E-state index in [1.165, 1.54) is 0 Å². The molecule has 60 valence electrons. The predicted molar refractivity (Wildman–Crippen MR) is 38.8 cm³/mol. The van der Waals surface area contributed by atoms with Crippen molar-refractivity contribution in [2.75, 3.05) is 26.3 Å². The van der Waals surface area contributed by atoms with Crippen molar-refractivity contribution in [1.29, 1.82) is 0 Å². The van der Waals surface area contributed by atoms with Crippen LogP contribution in [0.15, 0.2) is 0 Å². The van der Waals surface area contributed by atoms with Gasteiger partial charge in [-0.25, -0.2) is 4.62 Å². The van der Waals surface area contributed by atoms with Gasteiger partial charge in [0, 0.05) is 13.1 Å². The zero-order valence-corrected chi connectivity index (χ0v) is 6.59. The Morgan fingerprint density at radius 2 is 1.90 bits per heavy atom. The molecule has 1 fully saturated rings. The molecule has 1 heterocycles. The van der Waals surface area contributed by atoms with Crippen LogP contribution in [0.1, 0.15) is 0 Å². The molecule has 0 aliphatic carbocycles. The van der Waals surface area contributed by atoms with Crippen molar-refractivity contribution in [2.45, 2.75) is 0 Å². The molecule has 1 aliphatic rings. The van der Waals surface area contributed by atoms with Crippen molar-refractivity contribution < 1.29 is 9.36 Å². The van der Waals surface area contributed by atoms with Crippen molar-refractivity contribution in [3.05, 3.63) is 0 Å². The number of hydrogen-bond donors (Lipinski definition) is 2. The summed E-state index contributed by atoms with van der Waals surface area (Å²) in [6.07, 6.45) is 0. The number of ether oxygens (including phenoxy) is 1. The van der Waals surface area contributed by atoms with Crippen LogP contribution < -0.4 is 11.0 Å². The Morgan fingerprint density at radius 1 is 1.30 bits per heavy atom. The summed E-state index contributed by atoms with van der Waals surface area (Å²) < 4.78 is 10.1. The average molecular weight is 165 g/mol. The quantitative estimate of drug-likeness (QED) is 0.534. The van der Waals surface area contributed by atoms with Gasteiger partial charge in [0.05, 0.1) is 13.2 Å². The smallest absolute Gasteiger partial charge is 0.197 e. The molecule has 5 nitrogen and oxygen atoms in total. The van der Waals surface area contributed by atoms with Gasteiger partial charge in [-0.15, -0.1) is 0 Å². The first-order valence-electron chi connectivity index (χ1n) is 3.09. The van der Waals surface area contributed by atoms with E-state index in [0.717, 1.165) is 13.1 Å². The van der Waals surface area contributed by atoms with Gasteiger partial charge in [0.25, 0.3) is 0 Å². The lowest BCUT2D eigenvalue weighted by Gasteiger charge is -2.26. The molecule has 1 aliphatic heterocycles. The van der Waals surface area contributed by atoms with E-state index in [0.29, 0.717) is 13.2 Å². The van der Waals surface area contributed by atoms with Crippen LogP contribution in [-0.2, 0) is 9.36 Å². The van der Waals surface area contributed by atoms with E-state index < -0.39 is 8.45 Å². The number of hydrogen-bond acceptors (Lipinski definition) is 5. The number of nitrogens with two attached hydrogens (primary N) is 2. The number of hydroxylamine groups is 2. The molecule has 4 N–H and O–H groups in total. The second-order valence-corrected chi connectivity index (χ2v) is 2.87. The fourth-order valence-electron chi connectivity index (χ4n) is 0.762. The standard InChI is InChI=1S/C4H12N3O2P/c5-10(6)9-7-1-3-8-4-2-7/h1-6H2. The highest BCUT2D eigenvalue weighted by molar-refractivity contribution is 7.47. The highest BCUT2D eigenvalue weighted by Gasteiger charge is 2.12. The van der Waals surface area contributed by atoms with E-state index >= 15 is 0 Å². The molecule has 0 aromatic heterocycles. The summed E-state index contributed by atoms with van der Waals surface area (Å²) in [6.45, 7) is 2.91. The van der Waals surface area contributed by atoms with Crippen molar-refractivity contribution in [3.8, 4) is 0 Å². The monoisotopic (exact) mass is 165 g/mol. The van der Waals surface area contributed by atoms with Gasteiger partial charge in [0.1, 0.15) is 0 Å². The molecule has 0 spiro atoms. The summed E-state index contributed by atoms with van der Waals surface area (Å²) in [5.74, 6) is 0. The van der Waals surface area contributed by atoms with Gasteiger partial charge >= 0.3 is 0 Å². The van der Waals surface area contributed by atoms with E-state index in [-0.39, 0.29) is 0 Å². The molecule has 1 rings (SSSR count). The SMILES string of the molecule is NP(N)ON1CCOCC1. The van der Waals surface area contributed by atoms with Gasteiger partial charge in [-0.1, -0.05) is 0 Å². The van der Waals surface area contributed by atoms with Crippen LogP contribution in [0.3, 0.4) is 0 Å². The molecule has 0 saturated carbocycles. The van der Waals surface area contributed by atoms with Crippen molar-refractivity contribution >= 4 is 8.45 Å². The Hall–Kier alpha value is 0.230. The molecule has 0 atom stereocenters. The van der Waals surface area contributed by atoms with E-state index in [9.17, 15) is 0 Å². The maximum absolute atomic E-state index is 5.26. The first kappa shape index (κ1) is 8.33. The molecular weight excluding hydrogens is 153 g/mol. The fourth-order valence-corrected chi connectivity index (χ4v) is 1.19. The van der Waals surface area contributed by atoms with E-state index in [4.69, 9.17) is 20.4 Å². The summed E-state index contributed by atoms with van der Waals surface area (Å²) in [4.78, 5) is 0. The van der Waals surface area contributed by atoms with Crippen molar-refractivity contribution in [3.63, 3.8) is 0 Å². The van der Waals surface area contributed by atoms with Crippen LogP contribution in [0, 0.1) is 0 Å². The maximum atomic E-state index is 5.26. The third-order valence-corrected chi connectivity index (χ3v) is 1.60. The minimum absolute atomic E-state index is 0.698. The average Bonchev–Trinajstić information content (AvgIpc) is 1.88. The van der Waals surface area contributed by atoms with Crippen LogP contribution in [0.5, 0.6) is 0 Å². The summed E-state index contributed by atoms with van der Waals surface area (Å²) >= 11 is 0. The zero-order chi connectivity index (χ0) is 7.40. The Kier molecular flexibility index (Phi) is 3.48. The lowest BCUT2D eigenvalue weighted by Crippen LogP contribution is -2.36. The Labute approximate surface area is 61.1 Å². The number of nitrogens with zero attached hydrogens (tertiary/aromatic N) is 1. The molecule has 0 amide bonds. The Balaban J connectivity index is 2.13. The first-order chi connectivity index (χ1) is 4.79. The second kappa shape index (κ2) is 4.18. The minimum atomic E-state index is -1.25. The van der Waals surface area contributed by atoms with Crippen LogP contribution >= 0.6 is 8.45 Å². The van der Waals surface area contributed by atoms with E-state index in [2.05, 4.69) is 0 Å². The molecule has 6 heteroatoms. The van der Waals surface area contributed by atoms with Gasteiger partial charge in [0.15, 0.2) is 8.45 Å². The minimum Gasteiger partial charge on any atom is -0.379 e. The van der Waals surface area contributed by atoms with E-state index in [1.54, 1.807) is 5.06 Å². The molecular formula is C4H12N3O2P. The molecule has 0 bridgehead atoms. The van der Waals surface area contributed by atoms with Gasteiger partial charge in [-0.05, 0) is 0 Å². The first-order valence-corrected chi connectivity index (χ1v) is 4.49. The second-order valence-electron chi connectivity index (χ2n) is 1.98. The Bertz CT molecular complexity index is 96.5. The summed E-state index contributed by atoms with van der Waals surface area (Å²) in [5, 5.41) is 1.75. The fraction of sp³-hybridized carbons (Fsp3) is 1.00. The van der Waals surface area contributed by atoms with E-state index in [1.807, 2.05) is 0 Å². The lowest BCUT2D eigenvalue weighted by molar-refractivity contribution is -0.111. The van der Waals surface area contributed by atoms with Gasteiger partial charge in [-0.3, -0.25) is 11.0 Å². The molecule has 1 saturated heterocycles. The topological polar surface area (TPSA) is 73.7 Å². The lowest BCUT2D eigenvalue weighted by atomic mass is 10.5. The van der Waals surface area contributed by atoms with Crippen LogP contribution in [0.4, 0.5) is 0 Å².